The predicted molar refractivity (Wildman–Crippen MR) is 131 cm³/mol. The summed E-state index contributed by atoms with van der Waals surface area (Å²) in [5.41, 5.74) is 1.57. The molecule has 0 atom stereocenters. The van der Waals surface area contributed by atoms with Gasteiger partial charge in [-0.1, -0.05) is 36.0 Å². The molecule has 0 saturated carbocycles. The van der Waals surface area contributed by atoms with Gasteiger partial charge in [-0.2, -0.15) is 0 Å². The first kappa shape index (κ1) is 25.0. The number of nitrogens with zero attached hydrogens (tertiary/aromatic N) is 3. The molecule has 0 aliphatic heterocycles. The van der Waals surface area contributed by atoms with Crippen molar-refractivity contribution in [2.24, 2.45) is 0 Å². The van der Waals surface area contributed by atoms with Crippen molar-refractivity contribution in [3.05, 3.63) is 66.0 Å². The van der Waals surface area contributed by atoms with Gasteiger partial charge in [0.2, 0.25) is 11.8 Å². The van der Waals surface area contributed by atoms with Crippen molar-refractivity contribution in [2.45, 2.75) is 45.0 Å². The predicted octanol–water partition coefficient (Wildman–Crippen LogP) is 3.78. The standard InChI is InChI=1S/C24H27N5O4S/c1-4-29-20(14-21(30)25-18-10-6-5-7-11-18)27-28-24(29)34-15-22(31)26-19-12-8-9-17(13-19)23(32)33-16(2)3/h5-13,16H,4,14-15H2,1-3H3,(H,25,30)(H,26,31). The third-order valence-corrected chi connectivity index (χ3v) is 5.51. The molecule has 34 heavy (non-hydrogen) atoms. The zero-order valence-electron chi connectivity index (χ0n) is 19.3. The highest BCUT2D eigenvalue weighted by molar-refractivity contribution is 7.99. The Morgan fingerprint density at radius 1 is 0.971 bits per heavy atom. The Morgan fingerprint density at radius 3 is 2.38 bits per heavy atom. The molecule has 3 rings (SSSR count). The number of esters is 1. The molecular formula is C24H27N5O4S. The van der Waals surface area contributed by atoms with Crippen molar-refractivity contribution in [3.63, 3.8) is 0 Å². The van der Waals surface area contributed by atoms with Crippen molar-refractivity contribution in [1.82, 2.24) is 14.8 Å². The number of rotatable bonds is 10. The SMILES string of the molecule is CCn1c(CC(=O)Nc2ccccc2)nnc1SCC(=O)Nc1cccc(C(=O)OC(C)C)c1. The number of hydrogen-bond acceptors (Lipinski definition) is 7. The quantitative estimate of drug-likeness (QED) is 0.334. The van der Waals surface area contributed by atoms with Gasteiger partial charge < -0.3 is 19.9 Å². The summed E-state index contributed by atoms with van der Waals surface area (Å²) in [7, 11) is 0. The van der Waals surface area contributed by atoms with Crippen molar-refractivity contribution >= 4 is 40.9 Å². The first-order valence-corrected chi connectivity index (χ1v) is 11.8. The molecule has 0 aliphatic rings. The minimum absolute atomic E-state index is 0.0712. The smallest absolute Gasteiger partial charge is 0.338 e. The van der Waals surface area contributed by atoms with Gasteiger partial charge in [-0.05, 0) is 51.1 Å². The van der Waals surface area contributed by atoms with E-state index in [0.717, 1.165) is 0 Å². The highest BCUT2D eigenvalue weighted by Gasteiger charge is 2.16. The number of benzene rings is 2. The lowest BCUT2D eigenvalue weighted by Crippen LogP contribution is -2.18. The third-order valence-electron chi connectivity index (χ3n) is 4.54. The summed E-state index contributed by atoms with van der Waals surface area (Å²) < 4.78 is 7.00. The van der Waals surface area contributed by atoms with Gasteiger partial charge >= 0.3 is 5.97 Å². The van der Waals surface area contributed by atoms with Crippen molar-refractivity contribution < 1.29 is 19.1 Å². The van der Waals surface area contributed by atoms with Crippen LogP contribution < -0.4 is 10.6 Å². The van der Waals surface area contributed by atoms with Gasteiger partial charge in [-0.3, -0.25) is 9.59 Å². The fraction of sp³-hybridized carbons (Fsp3) is 0.292. The topological polar surface area (TPSA) is 115 Å². The van der Waals surface area contributed by atoms with Crippen molar-refractivity contribution in [1.29, 1.82) is 0 Å². The molecule has 0 fully saturated rings. The molecule has 2 amide bonds. The van der Waals surface area contributed by atoms with E-state index in [9.17, 15) is 14.4 Å². The molecule has 0 saturated heterocycles. The number of ether oxygens (including phenoxy) is 1. The van der Waals surface area contributed by atoms with Gasteiger partial charge in [-0.15, -0.1) is 10.2 Å². The third kappa shape index (κ3) is 7.17. The molecule has 0 spiro atoms. The molecule has 0 unspecified atom stereocenters. The summed E-state index contributed by atoms with van der Waals surface area (Å²) in [4.78, 5) is 36.9. The first-order valence-electron chi connectivity index (χ1n) is 10.9. The lowest BCUT2D eigenvalue weighted by atomic mass is 10.2. The lowest BCUT2D eigenvalue weighted by molar-refractivity contribution is -0.116. The summed E-state index contributed by atoms with van der Waals surface area (Å²) in [6.07, 6.45) is -0.158. The normalized spacial score (nSPS) is 10.7. The van der Waals surface area contributed by atoms with Gasteiger partial charge in [-0.25, -0.2) is 4.79 Å². The van der Waals surface area contributed by atoms with E-state index in [-0.39, 0.29) is 30.1 Å². The van der Waals surface area contributed by atoms with Crippen LogP contribution in [0, 0.1) is 0 Å². The molecule has 1 aromatic heterocycles. The Bertz CT molecular complexity index is 1150. The highest BCUT2D eigenvalue weighted by atomic mass is 32.2. The molecule has 0 radical (unpaired) electrons. The number of carbonyl (C=O) groups excluding carboxylic acids is 3. The van der Waals surface area contributed by atoms with Crippen LogP contribution in [0.25, 0.3) is 0 Å². The second-order valence-corrected chi connectivity index (χ2v) is 8.55. The van der Waals surface area contributed by atoms with Crippen LogP contribution in [0.4, 0.5) is 11.4 Å². The van der Waals surface area contributed by atoms with Crippen LogP contribution >= 0.6 is 11.8 Å². The fourth-order valence-corrected chi connectivity index (χ4v) is 3.90. The molecule has 2 N–H and O–H groups in total. The van der Waals surface area contributed by atoms with Gasteiger partial charge in [0.25, 0.3) is 0 Å². The van der Waals surface area contributed by atoms with Gasteiger partial charge in [0, 0.05) is 17.9 Å². The van der Waals surface area contributed by atoms with E-state index in [2.05, 4.69) is 20.8 Å². The molecule has 0 aliphatic carbocycles. The average Bonchev–Trinajstić information content (AvgIpc) is 3.19. The summed E-state index contributed by atoms with van der Waals surface area (Å²) in [6, 6.07) is 15.8. The Hall–Kier alpha value is -3.66. The van der Waals surface area contributed by atoms with E-state index in [1.54, 1.807) is 38.1 Å². The van der Waals surface area contributed by atoms with E-state index in [1.807, 2.05) is 41.8 Å². The van der Waals surface area contributed by atoms with E-state index in [4.69, 9.17) is 4.74 Å². The summed E-state index contributed by atoms with van der Waals surface area (Å²) >= 11 is 1.22. The number of anilines is 2. The molecule has 0 bridgehead atoms. The zero-order valence-corrected chi connectivity index (χ0v) is 20.1. The van der Waals surface area contributed by atoms with Gasteiger partial charge in [0.05, 0.1) is 23.8 Å². The number of nitrogens with one attached hydrogen (secondary N) is 2. The minimum atomic E-state index is -0.444. The second kappa shape index (κ2) is 12.0. The molecule has 9 nitrogen and oxygen atoms in total. The number of para-hydroxylation sites is 1. The van der Waals surface area contributed by atoms with Crippen LogP contribution in [0.2, 0.25) is 0 Å². The van der Waals surface area contributed by atoms with E-state index in [1.165, 1.54) is 11.8 Å². The number of aromatic nitrogens is 3. The lowest BCUT2D eigenvalue weighted by Gasteiger charge is -2.10. The van der Waals surface area contributed by atoms with Crippen LogP contribution in [-0.2, 0) is 27.3 Å². The van der Waals surface area contributed by atoms with Crippen LogP contribution in [-0.4, -0.2) is 44.4 Å². The Labute approximate surface area is 202 Å². The van der Waals surface area contributed by atoms with Crippen molar-refractivity contribution in [2.75, 3.05) is 16.4 Å². The van der Waals surface area contributed by atoms with Gasteiger partial charge in [0.15, 0.2) is 5.16 Å². The van der Waals surface area contributed by atoms with Crippen LogP contribution in [0.3, 0.4) is 0 Å². The summed E-state index contributed by atoms with van der Waals surface area (Å²) in [5.74, 6) is -0.280. The van der Waals surface area contributed by atoms with Crippen LogP contribution in [0.1, 0.15) is 37.0 Å². The molecule has 10 heteroatoms. The van der Waals surface area contributed by atoms with Crippen LogP contribution in [0.15, 0.2) is 59.8 Å². The Balaban J connectivity index is 1.56. The Morgan fingerprint density at radius 2 is 1.68 bits per heavy atom. The number of hydrogen-bond donors (Lipinski definition) is 2. The summed E-state index contributed by atoms with van der Waals surface area (Å²) in [5, 5.41) is 14.4. The molecule has 2 aromatic carbocycles. The number of carbonyl (C=O) groups is 3. The maximum Gasteiger partial charge on any atom is 0.338 e. The second-order valence-electron chi connectivity index (χ2n) is 7.61. The number of thioether (sulfide) groups is 1. The molecule has 3 aromatic rings. The highest BCUT2D eigenvalue weighted by Crippen LogP contribution is 2.19. The molecule has 178 valence electrons. The fourth-order valence-electron chi connectivity index (χ4n) is 3.08. The Kier molecular flexibility index (Phi) is 8.80. The molecule has 1 heterocycles. The van der Waals surface area contributed by atoms with E-state index < -0.39 is 5.97 Å². The average molecular weight is 482 g/mol. The number of amides is 2. The first-order chi connectivity index (χ1) is 16.4. The zero-order chi connectivity index (χ0) is 24.5. The van der Waals surface area contributed by atoms with Gasteiger partial charge in [0.1, 0.15) is 5.82 Å². The monoisotopic (exact) mass is 481 g/mol. The summed E-state index contributed by atoms with van der Waals surface area (Å²) in [6.45, 7) is 6.03. The maximum absolute atomic E-state index is 12.5. The largest absolute Gasteiger partial charge is 0.459 e. The van der Waals surface area contributed by atoms with E-state index >= 15 is 0 Å². The van der Waals surface area contributed by atoms with E-state index in [0.29, 0.717) is 34.5 Å². The van der Waals surface area contributed by atoms with Crippen molar-refractivity contribution in [3.8, 4) is 0 Å². The minimum Gasteiger partial charge on any atom is -0.459 e. The maximum atomic E-state index is 12.5. The van der Waals surface area contributed by atoms with Crippen LogP contribution in [0.5, 0.6) is 0 Å². The molecular weight excluding hydrogens is 454 g/mol.